The van der Waals surface area contributed by atoms with Crippen molar-refractivity contribution in [2.45, 2.75) is 59.3 Å². The van der Waals surface area contributed by atoms with Gasteiger partial charge in [-0.05, 0) is 6.42 Å². The van der Waals surface area contributed by atoms with Crippen molar-refractivity contribution in [3.63, 3.8) is 0 Å². The Morgan fingerprint density at radius 2 is 1.68 bits per heavy atom. The minimum Gasteiger partial charge on any atom is -0.358 e. The molecule has 1 atom stereocenters. The zero-order valence-electron chi connectivity index (χ0n) is 13.9. The Morgan fingerprint density at radius 1 is 1.05 bits per heavy atom. The predicted octanol–water partition coefficient (Wildman–Crippen LogP) is 6.18. The van der Waals surface area contributed by atoms with Crippen LogP contribution in [-0.2, 0) is 21.7 Å². The molecule has 0 saturated heterocycles. The molecular formula is C18H32Ti. The Balaban J connectivity index is -0.000000640. The molecule has 2 aliphatic carbocycles. The van der Waals surface area contributed by atoms with Crippen molar-refractivity contribution in [1.29, 1.82) is 0 Å². The van der Waals surface area contributed by atoms with Crippen LogP contribution in [0.1, 0.15) is 59.3 Å². The van der Waals surface area contributed by atoms with Gasteiger partial charge in [0.15, 0.2) is 0 Å². The van der Waals surface area contributed by atoms with Crippen molar-refractivity contribution in [2.24, 2.45) is 5.92 Å². The molecule has 0 aromatic carbocycles. The summed E-state index contributed by atoms with van der Waals surface area (Å²) in [7, 11) is 0. The van der Waals surface area contributed by atoms with Gasteiger partial charge in [-0.3, -0.25) is 0 Å². The Labute approximate surface area is 138 Å². The van der Waals surface area contributed by atoms with E-state index in [2.05, 4.69) is 27.2 Å². The standard InChI is InChI=1S/C15H23.3CH3.Ti/c1-4-11-12(5-2)14-9-7-8-10-15(14)13(11)6-3;;;;/h9,13H,4-8,10H2,1-3H3;3*1H3;/q4*-1;+4. The molecule has 0 amide bonds. The maximum absolute atomic E-state index is 2.50. The van der Waals surface area contributed by atoms with E-state index in [0.29, 0.717) is 0 Å². The summed E-state index contributed by atoms with van der Waals surface area (Å²) < 4.78 is 0. The number of hydrogen-bond donors (Lipinski definition) is 0. The molecule has 0 aromatic heterocycles. The second kappa shape index (κ2) is 10.8. The van der Waals surface area contributed by atoms with Gasteiger partial charge >= 0.3 is 21.7 Å². The van der Waals surface area contributed by atoms with Crippen molar-refractivity contribution in [2.75, 3.05) is 0 Å². The molecule has 0 aliphatic heterocycles. The molecule has 1 unspecified atom stereocenters. The van der Waals surface area contributed by atoms with Crippen LogP contribution in [0.15, 0.2) is 22.3 Å². The first-order chi connectivity index (χ1) is 7.33. The van der Waals surface area contributed by atoms with Gasteiger partial charge in [0.2, 0.25) is 0 Å². The van der Waals surface area contributed by atoms with E-state index in [1.807, 2.05) is 0 Å². The fraction of sp³-hybridized carbons (Fsp3) is 0.556. The third-order valence-corrected chi connectivity index (χ3v) is 4.04. The summed E-state index contributed by atoms with van der Waals surface area (Å²) in [4.78, 5) is 0. The van der Waals surface area contributed by atoms with E-state index in [0.717, 1.165) is 5.92 Å². The summed E-state index contributed by atoms with van der Waals surface area (Å²) in [6.07, 6.45) is 10.3. The van der Waals surface area contributed by atoms with Gasteiger partial charge in [0.25, 0.3) is 0 Å². The van der Waals surface area contributed by atoms with Gasteiger partial charge in [-0.25, -0.2) is 0 Å². The van der Waals surface area contributed by atoms with Crippen molar-refractivity contribution in [3.8, 4) is 0 Å². The molecular weight excluding hydrogens is 264 g/mol. The fourth-order valence-corrected chi connectivity index (χ4v) is 3.45. The van der Waals surface area contributed by atoms with E-state index >= 15 is 0 Å². The van der Waals surface area contributed by atoms with Crippen LogP contribution in [0.4, 0.5) is 0 Å². The zero-order chi connectivity index (χ0) is 10.8. The molecule has 0 N–H and O–H groups in total. The molecule has 1 heteroatoms. The van der Waals surface area contributed by atoms with Crippen LogP contribution in [0.25, 0.3) is 0 Å². The molecule has 0 fully saturated rings. The van der Waals surface area contributed by atoms with Gasteiger partial charge in [0.1, 0.15) is 0 Å². The topological polar surface area (TPSA) is 0 Å². The molecule has 0 bridgehead atoms. The Morgan fingerprint density at radius 3 is 2.16 bits per heavy atom. The van der Waals surface area contributed by atoms with Crippen molar-refractivity contribution in [3.05, 3.63) is 51.0 Å². The van der Waals surface area contributed by atoms with E-state index in [1.54, 1.807) is 22.3 Å². The van der Waals surface area contributed by atoms with Gasteiger partial charge in [-0.15, -0.1) is 5.57 Å². The van der Waals surface area contributed by atoms with Crippen LogP contribution in [0.3, 0.4) is 0 Å². The summed E-state index contributed by atoms with van der Waals surface area (Å²) in [5, 5.41) is 0. The summed E-state index contributed by atoms with van der Waals surface area (Å²) in [5.74, 6) is 0.802. The average Bonchev–Trinajstić information content (AvgIpc) is 2.61. The number of rotatable bonds is 3. The van der Waals surface area contributed by atoms with Crippen molar-refractivity contribution >= 4 is 0 Å². The fourth-order valence-electron chi connectivity index (χ4n) is 3.45. The molecule has 0 saturated carbocycles. The average molecular weight is 296 g/mol. The Bertz CT molecular complexity index is 298. The summed E-state index contributed by atoms with van der Waals surface area (Å²) in [5.41, 5.74) is 6.88. The first-order valence-corrected chi connectivity index (χ1v) is 6.61. The van der Waals surface area contributed by atoms with Gasteiger partial charge in [-0.2, -0.15) is 23.1 Å². The van der Waals surface area contributed by atoms with E-state index < -0.39 is 0 Å². The second-order valence-electron chi connectivity index (χ2n) is 4.71. The predicted molar refractivity (Wildman–Crippen MR) is 85.8 cm³/mol. The molecule has 108 valence electrons. The minimum absolute atomic E-state index is 0. The van der Waals surface area contributed by atoms with E-state index in [1.165, 1.54) is 38.5 Å². The van der Waals surface area contributed by atoms with Crippen LogP contribution in [0, 0.1) is 34.6 Å². The quantitative estimate of drug-likeness (QED) is 0.431. The smallest absolute Gasteiger partial charge is 0.358 e. The van der Waals surface area contributed by atoms with Crippen LogP contribution in [-0.4, -0.2) is 0 Å². The normalized spacial score (nSPS) is 20.3. The van der Waals surface area contributed by atoms with Crippen LogP contribution < -0.4 is 0 Å². The first kappa shape index (κ1) is 24.1. The van der Waals surface area contributed by atoms with Gasteiger partial charge in [-0.1, -0.05) is 58.8 Å². The Hall–Kier alpha value is 0.0643. The van der Waals surface area contributed by atoms with E-state index in [4.69, 9.17) is 0 Å². The molecule has 2 rings (SSSR count). The third-order valence-electron chi connectivity index (χ3n) is 4.04. The summed E-state index contributed by atoms with van der Waals surface area (Å²) in [6.45, 7) is 6.99. The van der Waals surface area contributed by atoms with E-state index in [-0.39, 0.29) is 44.0 Å². The monoisotopic (exact) mass is 296 g/mol. The van der Waals surface area contributed by atoms with Crippen LogP contribution >= 0.6 is 0 Å². The van der Waals surface area contributed by atoms with Gasteiger partial charge in [0.05, 0.1) is 0 Å². The van der Waals surface area contributed by atoms with Crippen LogP contribution in [0.5, 0.6) is 0 Å². The summed E-state index contributed by atoms with van der Waals surface area (Å²) in [6, 6.07) is 0. The van der Waals surface area contributed by atoms with Crippen molar-refractivity contribution < 1.29 is 21.7 Å². The number of allylic oxidation sites excluding steroid dienone is 4. The maximum atomic E-state index is 2.50. The molecule has 0 radical (unpaired) electrons. The molecule has 0 aromatic rings. The largest absolute Gasteiger partial charge is 4.00 e. The number of hydrogen-bond acceptors (Lipinski definition) is 0. The zero-order valence-corrected chi connectivity index (χ0v) is 15.5. The van der Waals surface area contributed by atoms with Crippen LogP contribution in [0.2, 0.25) is 0 Å². The maximum Gasteiger partial charge on any atom is 4.00 e. The van der Waals surface area contributed by atoms with Gasteiger partial charge in [0, 0.05) is 0 Å². The van der Waals surface area contributed by atoms with E-state index in [9.17, 15) is 0 Å². The molecule has 0 heterocycles. The molecule has 2 aliphatic rings. The first-order valence-electron chi connectivity index (χ1n) is 6.61. The van der Waals surface area contributed by atoms with Crippen molar-refractivity contribution in [1.82, 2.24) is 0 Å². The Kier molecular flexibility index (Phi) is 13.7. The molecule has 19 heavy (non-hydrogen) atoms. The SMILES string of the molecule is CCC1=C(CC)C(CC)C2=C1[CH-]CCC2.[CH3-].[CH3-].[CH3-].[Ti+4]. The summed E-state index contributed by atoms with van der Waals surface area (Å²) >= 11 is 0. The minimum atomic E-state index is 0. The van der Waals surface area contributed by atoms with Gasteiger partial charge < -0.3 is 22.3 Å². The third kappa shape index (κ3) is 4.26. The molecule has 0 nitrogen and oxygen atoms in total. The second-order valence-corrected chi connectivity index (χ2v) is 4.71. The molecule has 0 spiro atoms.